The SMILES string of the molecule is Nc1ccsc1C(=O)OCCC1CCC1. The second-order valence-electron chi connectivity index (χ2n) is 3.93. The minimum Gasteiger partial charge on any atom is -0.461 e. The Bertz CT molecular complexity index is 344. The molecule has 1 heterocycles. The summed E-state index contributed by atoms with van der Waals surface area (Å²) in [5.74, 6) is 0.500. The second kappa shape index (κ2) is 4.66. The van der Waals surface area contributed by atoms with E-state index in [1.54, 1.807) is 11.4 Å². The van der Waals surface area contributed by atoms with Crippen molar-refractivity contribution in [2.45, 2.75) is 25.7 Å². The van der Waals surface area contributed by atoms with E-state index in [0.29, 0.717) is 17.2 Å². The molecular formula is C11H15NO2S. The molecule has 0 atom stereocenters. The normalized spacial score (nSPS) is 16.0. The van der Waals surface area contributed by atoms with Gasteiger partial charge in [-0.2, -0.15) is 0 Å². The average molecular weight is 225 g/mol. The number of nitrogen functional groups attached to an aromatic ring is 1. The molecule has 1 saturated carbocycles. The van der Waals surface area contributed by atoms with Crippen molar-refractivity contribution in [1.29, 1.82) is 0 Å². The van der Waals surface area contributed by atoms with Gasteiger partial charge >= 0.3 is 5.97 Å². The van der Waals surface area contributed by atoms with E-state index in [0.717, 1.165) is 12.3 Å². The largest absolute Gasteiger partial charge is 0.461 e. The molecule has 15 heavy (non-hydrogen) atoms. The van der Waals surface area contributed by atoms with Crippen LogP contribution in [0.15, 0.2) is 11.4 Å². The second-order valence-corrected chi connectivity index (χ2v) is 4.84. The summed E-state index contributed by atoms with van der Waals surface area (Å²) in [7, 11) is 0. The van der Waals surface area contributed by atoms with Crippen LogP contribution in [0.5, 0.6) is 0 Å². The summed E-state index contributed by atoms with van der Waals surface area (Å²) in [6.07, 6.45) is 4.91. The summed E-state index contributed by atoms with van der Waals surface area (Å²) >= 11 is 1.34. The van der Waals surface area contributed by atoms with Gasteiger partial charge in [-0.3, -0.25) is 0 Å². The molecule has 2 rings (SSSR count). The van der Waals surface area contributed by atoms with Gasteiger partial charge in [0.05, 0.1) is 12.3 Å². The molecule has 0 unspecified atom stereocenters. The van der Waals surface area contributed by atoms with Crippen LogP contribution in [-0.4, -0.2) is 12.6 Å². The van der Waals surface area contributed by atoms with E-state index >= 15 is 0 Å². The quantitative estimate of drug-likeness (QED) is 0.801. The highest BCUT2D eigenvalue weighted by atomic mass is 32.1. The molecule has 1 aliphatic carbocycles. The van der Waals surface area contributed by atoms with Gasteiger partial charge in [0.25, 0.3) is 0 Å². The number of carbonyl (C=O) groups excluding carboxylic acids is 1. The number of rotatable bonds is 4. The van der Waals surface area contributed by atoms with Crippen molar-refractivity contribution < 1.29 is 9.53 Å². The third kappa shape index (κ3) is 2.50. The number of anilines is 1. The van der Waals surface area contributed by atoms with E-state index in [9.17, 15) is 4.79 Å². The Morgan fingerprint density at radius 2 is 2.40 bits per heavy atom. The van der Waals surface area contributed by atoms with Crippen LogP contribution in [0.2, 0.25) is 0 Å². The third-order valence-corrected chi connectivity index (χ3v) is 3.78. The maximum Gasteiger partial charge on any atom is 0.350 e. The number of esters is 1. The first kappa shape index (κ1) is 10.5. The molecule has 2 N–H and O–H groups in total. The first-order valence-electron chi connectivity index (χ1n) is 5.27. The molecule has 1 aromatic heterocycles. The van der Waals surface area contributed by atoms with Crippen molar-refractivity contribution in [2.75, 3.05) is 12.3 Å². The lowest BCUT2D eigenvalue weighted by atomic mass is 9.83. The van der Waals surface area contributed by atoms with Gasteiger partial charge in [0.2, 0.25) is 0 Å². The minimum absolute atomic E-state index is 0.276. The zero-order chi connectivity index (χ0) is 10.7. The minimum atomic E-state index is -0.276. The van der Waals surface area contributed by atoms with E-state index in [4.69, 9.17) is 10.5 Å². The maximum atomic E-state index is 11.5. The predicted octanol–water partition coefficient (Wildman–Crippen LogP) is 2.68. The zero-order valence-corrected chi connectivity index (χ0v) is 9.39. The molecule has 3 nitrogen and oxygen atoms in total. The fourth-order valence-corrected chi connectivity index (χ4v) is 2.36. The summed E-state index contributed by atoms with van der Waals surface area (Å²) in [5, 5.41) is 1.80. The first-order valence-corrected chi connectivity index (χ1v) is 6.15. The molecule has 4 heteroatoms. The summed E-state index contributed by atoms with van der Waals surface area (Å²) in [5.41, 5.74) is 6.14. The first-order chi connectivity index (χ1) is 7.27. The number of hydrogen-bond acceptors (Lipinski definition) is 4. The van der Waals surface area contributed by atoms with Crippen LogP contribution in [0.4, 0.5) is 5.69 Å². The Balaban J connectivity index is 1.74. The van der Waals surface area contributed by atoms with Crippen molar-refractivity contribution in [3.63, 3.8) is 0 Å². The molecule has 1 aliphatic rings. The molecule has 1 fully saturated rings. The van der Waals surface area contributed by atoms with Gasteiger partial charge in [0, 0.05) is 0 Å². The van der Waals surface area contributed by atoms with Crippen molar-refractivity contribution in [2.24, 2.45) is 5.92 Å². The maximum absolute atomic E-state index is 11.5. The molecule has 0 spiro atoms. The number of hydrogen-bond donors (Lipinski definition) is 1. The van der Waals surface area contributed by atoms with Crippen LogP contribution in [0.25, 0.3) is 0 Å². The van der Waals surface area contributed by atoms with Crippen LogP contribution in [0, 0.1) is 5.92 Å². The standard InChI is InChI=1S/C11H15NO2S/c12-9-5-7-15-10(9)11(13)14-6-4-8-2-1-3-8/h5,7-8H,1-4,6,12H2. The fraction of sp³-hybridized carbons (Fsp3) is 0.545. The van der Waals surface area contributed by atoms with Crippen LogP contribution in [0.3, 0.4) is 0 Å². The lowest BCUT2D eigenvalue weighted by molar-refractivity contribution is 0.0471. The van der Waals surface area contributed by atoms with E-state index in [-0.39, 0.29) is 5.97 Å². The molecule has 82 valence electrons. The molecule has 0 amide bonds. The molecule has 0 saturated heterocycles. The van der Waals surface area contributed by atoms with E-state index in [2.05, 4.69) is 0 Å². The summed E-state index contributed by atoms with van der Waals surface area (Å²) in [6, 6.07) is 1.73. The number of carbonyl (C=O) groups is 1. The molecule has 1 aromatic rings. The van der Waals surface area contributed by atoms with Crippen molar-refractivity contribution in [1.82, 2.24) is 0 Å². The highest BCUT2D eigenvalue weighted by molar-refractivity contribution is 7.12. The Labute approximate surface area is 93.2 Å². The van der Waals surface area contributed by atoms with Crippen LogP contribution in [-0.2, 0) is 4.74 Å². The van der Waals surface area contributed by atoms with Gasteiger partial charge in [-0.25, -0.2) is 4.79 Å². The van der Waals surface area contributed by atoms with Crippen molar-refractivity contribution in [3.8, 4) is 0 Å². The van der Waals surface area contributed by atoms with Gasteiger partial charge in [-0.15, -0.1) is 11.3 Å². The van der Waals surface area contributed by atoms with E-state index in [1.165, 1.54) is 30.6 Å². The Kier molecular flexibility index (Phi) is 3.26. The van der Waals surface area contributed by atoms with E-state index < -0.39 is 0 Å². The highest BCUT2D eigenvalue weighted by Gasteiger charge is 2.18. The Morgan fingerprint density at radius 3 is 2.93 bits per heavy atom. The highest BCUT2D eigenvalue weighted by Crippen LogP contribution is 2.29. The molecule has 0 aliphatic heterocycles. The molecular weight excluding hydrogens is 210 g/mol. The zero-order valence-electron chi connectivity index (χ0n) is 8.57. The summed E-state index contributed by atoms with van der Waals surface area (Å²) in [6.45, 7) is 0.529. The van der Waals surface area contributed by atoms with Gasteiger partial charge in [0.15, 0.2) is 0 Å². The van der Waals surface area contributed by atoms with Gasteiger partial charge in [0.1, 0.15) is 4.88 Å². The van der Waals surface area contributed by atoms with Crippen LogP contribution < -0.4 is 5.73 Å². The molecule has 0 radical (unpaired) electrons. The van der Waals surface area contributed by atoms with Crippen molar-refractivity contribution in [3.05, 3.63) is 16.3 Å². The van der Waals surface area contributed by atoms with E-state index in [1.807, 2.05) is 0 Å². The summed E-state index contributed by atoms with van der Waals surface area (Å²) < 4.78 is 5.17. The van der Waals surface area contributed by atoms with Crippen LogP contribution in [0.1, 0.15) is 35.4 Å². The Morgan fingerprint density at radius 1 is 1.60 bits per heavy atom. The van der Waals surface area contributed by atoms with Gasteiger partial charge in [-0.1, -0.05) is 19.3 Å². The molecule has 0 bridgehead atoms. The lowest BCUT2D eigenvalue weighted by Crippen LogP contribution is -2.15. The van der Waals surface area contributed by atoms with Crippen LogP contribution >= 0.6 is 11.3 Å². The van der Waals surface area contributed by atoms with Crippen molar-refractivity contribution >= 4 is 23.0 Å². The number of thiophene rings is 1. The third-order valence-electron chi connectivity index (χ3n) is 2.87. The Hall–Kier alpha value is -1.03. The predicted molar refractivity (Wildman–Crippen MR) is 61.0 cm³/mol. The van der Waals surface area contributed by atoms with Gasteiger partial charge in [-0.05, 0) is 23.8 Å². The average Bonchev–Trinajstić information content (AvgIpc) is 2.55. The topological polar surface area (TPSA) is 52.3 Å². The smallest absolute Gasteiger partial charge is 0.350 e. The monoisotopic (exact) mass is 225 g/mol. The lowest BCUT2D eigenvalue weighted by Gasteiger charge is -2.24. The summed E-state index contributed by atoms with van der Waals surface area (Å²) in [4.78, 5) is 12.1. The molecule has 0 aromatic carbocycles. The fourth-order valence-electron chi connectivity index (χ4n) is 1.65. The number of ether oxygens (including phenoxy) is 1. The number of nitrogens with two attached hydrogens (primary N) is 1. The van der Waals surface area contributed by atoms with Gasteiger partial charge < -0.3 is 10.5 Å².